The molecular weight excluding hydrogens is 309 g/mol. The summed E-state index contributed by atoms with van der Waals surface area (Å²) in [6, 6.07) is 4.81. The highest BCUT2D eigenvalue weighted by Gasteiger charge is 2.34. The summed E-state index contributed by atoms with van der Waals surface area (Å²) >= 11 is 0. The molecule has 4 nitrogen and oxygen atoms in total. The van der Waals surface area contributed by atoms with Gasteiger partial charge >= 0.3 is 6.18 Å². The first-order chi connectivity index (χ1) is 9.36. The Kier molecular flexibility index (Phi) is 8.12. The number of carbonyl (C=O) groups excluding carboxylic acids is 1. The number of likely N-dealkylation sites (N-methyl/N-ethyl adjacent to an activating group) is 1. The number of halogens is 4. The molecule has 1 aromatic carbocycles. The Morgan fingerprint density at radius 1 is 1.29 bits per heavy atom. The fraction of sp³-hybridized carbons (Fsp3) is 0.462. The maximum absolute atomic E-state index is 12.8. The molecule has 21 heavy (non-hydrogen) atoms. The number of rotatable bonds is 6. The minimum atomic E-state index is -4.51. The Labute approximate surface area is 127 Å². The van der Waals surface area contributed by atoms with Crippen molar-refractivity contribution in [3.8, 4) is 5.75 Å². The molecule has 0 radical (unpaired) electrons. The third-order valence-corrected chi connectivity index (χ3v) is 2.54. The number of benzene rings is 1. The van der Waals surface area contributed by atoms with Gasteiger partial charge in [0.25, 0.3) is 5.91 Å². The van der Waals surface area contributed by atoms with Crippen LogP contribution in [0.15, 0.2) is 24.3 Å². The van der Waals surface area contributed by atoms with E-state index in [9.17, 15) is 18.0 Å². The Hall–Kier alpha value is -1.47. The average molecular weight is 327 g/mol. The number of nitrogens with one attached hydrogen (secondary N) is 2. The highest BCUT2D eigenvalue weighted by atomic mass is 35.5. The van der Waals surface area contributed by atoms with Gasteiger partial charge in [-0.05, 0) is 26.1 Å². The van der Waals surface area contributed by atoms with Crippen LogP contribution in [-0.2, 0) is 11.0 Å². The predicted octanol–water partition coefficient (Wildman–Crippen LogP) is 2.23. The lowest BCUT2D eigenvalue weighted by molar-refractivity contribution is -0.140. The Bertz CT molecular complexity index is 455. The molecule has 0 aliphatic rings. The fourth-order valence-corrected chi connectivity index (χ4v) is 1.50. The van der Waals surface area contributed by atoms with E-state index in [-0.39, 0.29) is 18.2 Å². The quantitative estimate of drug-likeness (QED) is 0.788. The maximum Gasteiger partial charge on any atom is 0.419 e. The minimum absolute atomic E-state index is 0. The largest absolute Gasteiger partial charge is 0.480 e. The third kappa shape index (κ3) is 6.22. The number of ether oxygens (including phenoxy) is 1. The van der Waals surface area contributed by atoms with Gasteiger partial charge in [-0.1, -0.05) is 12.1 Å². The Balaban J connectivity index is 0.00000400. The Morgan fingerprint density at radius 2 is 1.90 bits per heavy atom. The van der Waals surface area contributed by atoms with Crippen LogP contribution in [0.2, 0.25) is 0 Å². The van der Waals surface area contributed by atoms with E-state index in [2.05, 4.69) is 10.6 Å². The SMILES string of the molecule is CNCCNC(=O)C(C)Oc1ccccc1C(F)(F)F.Cl. The van der Waals surface area contributed by atoms with Crippen molar-refractivity contribution >= 4 is 18.3 Å². The molecule has 0 heterocycles. The van der Waals surface area contributed by atoms with Crippen molar-refractivity contribution in [1.29, 1.82) is 0 Å². The summed E-state index contributed by atoms with van der Waals surface area (Å²) in [6.45, 7) is 2.35. The second-order valence-corrected chi connectivity index (χ2v) is 4.15. The topological polar surface area (TPSA) is 50.4 Å². The molecule has 1 atom stereocenters. The zero-order valence-electron chi connectivity index (χ0n) is 11.7. The van der Waals surface area contributed by atoms with Gasteiger partial charge in [0.1, 0.15) is 5.75 Å². The molecule has 0 saturated carbocycles. The lowest BCUT2D eigenvalue weighted by Crippen LogP contribution is -2.39. The van der Waals surface area contributed by atoms with Crippen LogP contribution in [0.3, 0.4) is 0 Å². The predicted molar refractivity (Wildman–Crippen MR) is 75.7 cm³/mol. The van der Waals surface area contributed by atoms with Crippen LogP contribution in [-0.4, -0.2) is 32.1 Å². The van der Waals surface area contributed by atoms with Crippen molar-refractivity contribution in [1.82, 2.24) is 10.6 Å². The molecule has 2 N–H and O–H groups in total. The van der Waals surface area contributed by atoms with Gasteiger partial charge in [-0.3, -0.25) is 4.79 Å². The molecule has 0 bridgehead atoms. The molecule has 0 spiro atoms. The molecule has 1 aromatic rings. The lowest BCUT2D eigenvalue weighted by atomic mass is 10.2. The van der Waals surface area contributed by atoms with Gasteiger partial charge < -0.3 is 15.4 Å². The second kappa shape index (κ2) is 8.74. The van der Waals surface area contributed by atoms with E-state index in [1.54, 1.807) is 7.05 Å². The average Bonchev–Trinajstić information content (AvgIpc) is 2.38. The van der Waals surface area contributed by atoms with Crippen molar-refractivity contribution in [2.24, 2.45) is 0 Å². The van der Waals surface area contributed by atoms with E-state index in [1.165, 1.54) is 25.1 Å². The van der Waals surface area contributed by atoms with Gasteiger partial charge in [-0.25, -0.2) is 0 Å². The summed E-state index contributed by atoms with van der Waals surface area (Å²) in [5, 5.41) is 5.39. The molecule has 0 aliphatic carbocycles. The molecular formula is C13H18ClF3N2O2. The number of amides is 1. The third-order valence-electron chi connectivity index (χ3n) is 2.54. The van der Waals surface area contributed by atoms with Crippen LogP contribution < -0.4 is 15.4 Å². The molecule has 0 aromatic heterocycles. The maximum atomic E-state index is 12.8. The van der Waals surface area contributed by atoms with E-state index in [4.69, 9.17) is 4.74 Å². The molecule has 1 rings (SSSR count). The normalized spacial score (nSPS) is 12.2. The van der Waals surface area contributed by atoms with Crippen molar-refractivity contribution in [2.45, 2.75) is 19.2 Å². The molecule has 1 unspecified atom stereocenters. The van der Waals surface area contributed by atoms with E-state index in [0.29, 0.717) is 13.1 Å². The number of para-hydroxylation sites is 1. The summed E-state index contributed by atoms with van der Waals surface area (Å²) < 4.78 is 43.4. The summed E-state index contributed by atoms with van der Waals surface area (Å²) in [5.41, 5.74) is -0.894. The fourth-order valence-electron chi connectivity index (χ4n) is 1.50. The van der Waals surface area contributed by atoms with E-state index < -0.39 is 23.8 Å². The van der Waals surface area contributed by atoms with Crippen molar-refractivity contribution in [2.75, 3.05) is 20.1 Å². The monoisotopic (exact) mass is 326 g/mol. The number of hydrogen-bond acceptors (Lipinski definition) is 3. The first-order valence-electron chi connectivity index (χ1n) is 6.11. The van der Waals surface area contributed by atoms with Crippen LogP contribution in [0.5, 0.6) is 5.75 Å². The van der Waals surface area contributed by atoms with Crippen LogP contribution in [0.25, 0.3) is 0 Å². The van der Waals surface area contributed by atoms with E-state index in [0.717, 1.165) is 6.07 Å². The standard InChI is InChI=1S/C13H17F3N2O2.ClH/c1-9(12(19)18-8-7-17-2)20-11-6-4-3-5-10(11)13(14,15)16;/h3-6,9,17H,7-8H2,1-2H3,(H,18,19);1H. The Morgan fingerprint density at radius 3 is 2.48 bits per heavy atom. The molecule has 1 amide bonds. The van der Waals surface area contributed by atoms with Crippen LogP contribution >= 0.6 is 12.4 Å². The molecule has 8 heteroatoms. The smallest absolute Gasteiger partial charge is 0.419 e. The van der Waals surface area contributed by atoms with E-state index >= 15 is 0 Å². The zero-order chi connectivity index (χ0) is 15.2. The molecule has 0 fully saturated rings. The molecule has 0 aliphatic heterocycles. The summed E-state index contributed by atoms with van der Waals surface area (Å²) in [6.07, 6.45) is -5.52. The van der Waals surface area contributed by atoms with Crippen LogP contribution in [0.4, 0.5) is 13.2 Å². The molecule has 0 saturated heterocycles. The van der Waals surface area contributed by atoms with Gasteiger partial charge in [0, 0.05) is 13.1 Å². The van der Waals surface area contributed by atoms with Crippen molar-refractivity contribution in [3.63, 3.8) is 0 Å². The lowest BCUT2D eigenvalue weighted by Gasteiger charge is -2.18. The van der Waals surface area contributed by atoms with Gasteiger partial charge in [0.05, 0.1) is 5.56 Å². The van der Waals surface area contributed by atoms with Gasteiger partial charge in [-0.2, -0.15) is 13.2 Å². The number of carbonyl (C=O) groups is 1. The molecule has 120 valence electrons. The van der Waals surface area contributed by atoms with Crippen LogP contribution in [0.1, 0.15) is 12.5 Å². The number of hydrogen-bond donors (Lipinski definition) is 2. The zero-order valence-corrected chi connectivity index (χ0v) is 12.5. The van der Waals surface area contributed by atoms with Gasteiger partial charge in [-0.15, -0.1) is 12.4 Å². The van der Waals surface area contributed by atoms with Crippen LogP contribution in [0, 0.1) is 0 Å². The summed E-state index contributed by atoms with van der Waals surface area (Å²) in [7, 11) is 1.73. The first kappa shape index (κ1) is 19.5. The van der Waals surface area contributed by atoms with Crippen molar-refractivity contribution in [3.05, 3.63) is 29.8 Å². The van der Waals surface area contributed by atoms with Gasteiger partial charge in [0.15, 0.2) is 6.10 Å². The van der Waals surface area contributed by atoms with Crippen molar-refractivity contribution < 1.29 is 22.7 Å². The highest BCUT2D eigenvalue weighted by molar-refractivity contribution is 5.85. The summed E-state index contributed by atoms with van der Waals surface area (Å²) in [5.74, 6) is -0.812. The van der Waals surface area contributed by atoms with Gasteiger partial charge in [0.2, 0.25) is 0 Å². The van der Waals surface area contributed by atoms with E-state index in [1.807, 2.05) is 0 Å². The number of alkyl halides is 3. The minimum Gasteiger partial charge on any atom is -0.480 e. The second-order valence-electron chi connectivity index (χ2n) is 4.15. The highest BCUT2D eigenvalue weighted by Crippen LogP contribution is 2.36. The first-order valence-corrected chi connectivity index (χ1v) is 6.11. The summed E-state index contributed by atoms with van der Waals surface area (Å²) in [4.78, 5) is 11.6.